The van der Waals surface area contributed by atoms with Gasteiger partial charge < -0.3 is 4.74 Å². The van der Waals surface area contributed by atoms with E-state index in [1.54, 1.807) is 0 Å². The SMILES string of the molecule is CC1CC(=O)OC1N. The molecule has 1 aliphatic heterocycles. The lowest BCUT2D eigenvalue weighted by molar-refractivity contribution is -0.141. The summed E-state index contributed by atoms with van der Waals surface area (Å²) in [4.78, 5) is 10.4. The molecule has 0 bridgehead atoms. The predicted octanol–water partition coefficient (Wildman–Crippen LogP) is -0.146. The molecule has 0 spiro atoms. The zero-order valence-corrected chi connectivity index (χ0v) is 4.76. The second-order valence-electron chi connectivity index (χ2n) is 2.14. The molecule has 0 amide bonds. The lowest BCUT2D eigenvalue weighted by atomic mass is 10.1. The molecule has 0 aromatic heterocycles. The van der Waals surface area contributed by atoms with Crippen molar-refractivity contribution in [3.05, 3.63) is 0 Å². The van der Waals surface area contributed by atoms with E-state index >= 15 is 0 Å². The molecule has 0 aliphatic carbocycles. The van der Waals surface area contributed by atoms with Crippen molar-refractivity contribution in [3.8, 4) is 0 Å². The summed E-state index contributed by atoms with van der Waals surface area (Å²) in [5.74, 6) is 0.0208. The van der Waals surface area contributed by atoms with Crippen molar-refractivity contribution in [2.24, 2.45) is 11.7 Å². The molecule has 2 atom stereocenters. The molecule has 0 radical (unpaired) electrons. The Morgan fingerprint density at radius 1 is 1.88 bits per heavy atom. The smallest absolute Gasteiger partial charge is 0.307 e. The van der Waals surface area contributed by atoms with Crippen LogP contribution < -0.4 is 5.73 Å². The van der Waals surface area contributed by atoms with E-state index in [9.17, 15) is 4.79 Å². The topological polar surface area (TPSA) is 52.3 Å². The lowest BCUT2D eigenvalue weighted by Gasteiger charge is -2.03. The minimum atomic E-state index is -0.359. The first kappa shape index (κ1) is 5.56. The zero-order chi connectivity index (χ0) is 6.15. The summed E-state index contributed by atoms with van der Waals surface area (Å²) in [5, 5.41) is 0. The molecule has 3 nitrogen and oxygen atoms in total. The van der Waals surface area contributed by atoms with E-state index in [0.29, 0.717) is 6.42 Å². The van der Waals surface area contributed by atoms with Crippen molar-refractivity contribution in [1.29, 1.82) is 0 Å². The van der Waals surface area contributed by atoms with Crippen molar-refractivity contribution in [3.63, 3.8) is 0 Å². The van der Waals surface area contributed by atoms with Gasteiger partial charge in [0.1, 0.15) is 0 Å². The predicted molar refractivity (Wildman–Crippen MR) is 27.8 cm³/mol. The van der Waals surface area contributed by atoms with Gasteiger partial charge in [-0.25, -0.2) is 0 Å². The highest BCUT2D eigenvalue weighted by molar-refractivity contribution is 5.71. The summed E-state index contributed by atoms with van der Waals surface area (Å²) in [5.41, 5.74) is 5.33. The first-order chi connectivity index (χ1) is 3.70. The van der Waals surface area contributed by atoms with Crippen LogP contribution in [-0.2, 0) is 9.53 Å². The van der Waals surface area contributed by atoms with Crippen LogP contribution in [0.25, 0.3) is 0 Å². The molecular weight excluding hydrogens is 106 g/mol. The fraction of sp³-hybridized carbons (Fsp3) is 0.800. The molecule has 1 aliphatic rings. The minimum Gasteiger partial charge on any atom is -0.446 e. The van der Waals surface area contributed by atoms with Gasteiger partial charge in [-0.1, -0.05) is 6.92 Å². The molecule has 46 valence electrons. The number of hydrogen-bond donors (Lipinski definition) is 1. The summed E-state index contributed by atoms with van der Waals surface area (Å²) >= 11 is 0. The number of cyclic esters (lactones) is 1. The van der Waals surface area contributed by atoms with E-state index in [0.717, 1.165) is 0 Å². The average molecular weight is 115 g/mol. The van der Waals surface area contributed by atoms with E-state index in [2.05, 4.69) is 4.74 Å². The number of hydrogen-bond acceptors (Lipinski definition) is 3. The molecule has 3 heteroatoms. The van der Waals surface area contributed by atoms with Crippen molar-refractivity contribution in [2.75, 3.05) is 0 Å². The van der Waals surface area contributed by atoms with Gasteiger partial charge in [0.2, 0.25) is 0 Å². The van der Waals surface area contributed by atoms with Gasteiger partial charge in [-0.2, -0.15) is 0 Å². The van der Waals surface area contributed by atoms with E-state index in [1.807, 2.05) is 6.92 Å². The van der Waals surface area contributed by atoms with E-state index < -0.39 is 0 Å². The summed E-state index contributed by atoms with van der Waals surface area (Å²) < 4.78 is 4.61. The van der Waals surface area contributed by atoms with Crippen molar-refractivity contribution in [2.45, 2.75) is 19.6 Å². The standard InChI is InChI=1S/C5H9NO2/c1-3-2-4(7)8-5(3)6/h3,5H,2,6H2,1H3. The maximum absolute atomic E-state index is 10.4. The summed E-state index contributed by atoms with van der Waals surface area (Å²) in [6, 6.07) is 0. The normalized spacial score (nSPS) is 37.5. The van der Waals surface area contributed by atoms with Gasteiger partial charge in [-0.15, -0.1) is 0 Å². The first-order valence-corrected chi connectivity index (χ1v) is 2.65. The molecule has 2 N–H and O–H groups in total. The molecule has 0 aromatic rings. The Balaban J connectivity index is 2.51. The van der Waals surface area contributed by atoms with Gasteiger partial charge >= 0.3 is 5.97 Å². The van der Waals surface area contributed by atoms with Gasteiger partial charge in [0, 0.05) is 5.92 Å². The molecule has 1 rings (SSSR count). The number of rotatable bonds is 0. The molecule has 2 unspecified atom stereocenters. The molecular formula is C5H9NO2. The summed E-state index contributed by atoms with van der Waals surface area (Å²) in [7, 11) is 0. The highest BCUT2D eigenvalue weighted by Gasteiger charge is 2.27. The largest absolute Gasteiger partial charge is 0.446 e. The molecule has 0 aromatic carbocycles. The number of esters is 1. The Bertz CT molecular complexity index is 101. The van der Waals surface area contributed by atoms with Gasteiger partial charge in [0.25, 0.3) is 0 Å². The van der Waals surface area contributed by atoms with Crippen LogP contribution in [0.1, 0.15) is 13.3 Å². The van der Waals surface area contributed by atoms with E-state index in [-0.39, 0.29) is 18.1 Å². The molecule has 1 saturated heterocycles. The Morgan fingerprint density at radius 2 is 2.50 bits per heavy atom. The number of nitrogens with two attached hydrogens (primary N) is 1. The summed E-state index contributed by atoms with van der Waals surface area (Å²) in [6.45, 7) is 1.90. The monoisotopic (exact) mass is 115 g/mol. The van der Waals surface area contributed by atoms with Gasteiger partial charge in [0.05, 0.1) is 6.42 Å². The van der Waals surface area contributed by atoms with Crippen LogP contribution in [0.15, 0.2) is 0 Å². The number of carbonyl (C=O) groups excluding carboxylic acids is 1. The van der Waals surface area contributed by atoms with E-state index in [1.165, 1.54) is 0 Å². The zero-order valence-electron chi connectivity index (χ0n) is 4.76. The van der Waals surface area contributed by atoms with Crippen molar-refractivity contribution >= 4 is 5.97 Å². The number of ether oxygens (including phenoxy) is 1. The third-order valence-corrected chi connectivity index (χ3v) is 1.32. The average Bonchev–Trinajstić information content (AvgIpc) is 1.85. The fourth-order valence-corrected chi connectivity index (χ4v) is 0.695. The Labute approximate surface area is 47.8 Å². The second-order valence-corrected chi connectivity index (χ2v) is 2.14. The molecule has 1 heterocycles. The van der Waals surface area contributed by atoms with Gasteiger partial charge in [-0.05, 0) is 0 Å². The molecule has 8 heavy (non-hydrogen) atoms. The van der Waals surface area contributed by atoms with Crippen LogP contribution in [0.3, 0.4) is 0 Å². The Kier molecular flexibility index (Phi) is 1.21. The second kappa shape index (κ2) is 1.74. The van der Waals surface area contributed by atoms with Gasteiger partial charge in [0.15, 0.2) is 6.23 Å². The third kappa shape index (κ3) is 0.816. The third-order valence-electron chi connectivity index (χ3n) is 1.32. The maximum atomic E-state index is 10.4. The van der Waals surface area contributed by atoms with Crippen LogP contribution in [0.2, 0.25) is 0 Å². The van der Waals surface area contributed by atoms with Gasteiger partial charge in [-0.3, -0.25) is 10.5 Å². The lowest BCUT2D eigenvalue weighted by Crippen LogP contribution is -2.24. The molecule has 0 saturated carbocycles. The van der Waals surface area contributed by atoms with E-state index in [4.69, 9.17) is 5.73 Å². The van der Waals surface area contributed by atoms with Crippen LogP contribution >= 0.6 is 0 Å². The Morgan fingerprint density at radius 3 is 2.62 bits per heavy atom. The quantitative estimate of drug-likeness (QED) is 0.447. The van der Waals surface area contributed by atoms with Crippen molar-refractivity contribution in [1.82, 2.24) is 0 Å². The minimum absolute atomic E-state index is 0.176. The first-order valence-electron chi connectivity index (χ1n) is 2.65. The van der Waals surface area contributed by atoms with Crippen LogP contribution in [0, 0.1) is 5.92 Å². The Hall–Kier alpha value is -0.570. The number of carbonyl (C=O) groups is 1. The van der Waals surface area contributed by atoms with Crippen LogP contribution in [0.5, 0.6) is 0 Å². The van der Waals surface area contributed by atoms with Crippen LogP contribution in [-0.4, -0.2) is 12.2 Å². The maximum Gasteiger partial charge on any atom is 0.307 e. The fourth-order valence-electron chi connectivity index (χ4n) is 0.695. The summed E-state index contributed by atoms with van der Waals surface area (Å²) in [6.07, 6.45) is 0.115. The molecule has 1 fully saturated rings. The van der Waals surface area contributed by atoms with Crippen molar-refractivity contribution < 1.29 is 9.53 Å². The van der Waals surface area contributed by atoms with Crippen LogP contribution in [0.4, 0.5) is 0 Å². The highest BCUT2D eigenvalue weighted by Crippen LogP contribution is 2.16. The highest BCUT2D eigenvalue weighted by atomic mass is 16.6.